The highest BCUT2D eigenvalue weighted by atomic mass is 16.5. The van der Waals surface area contributed by atoms with Gasteiger partial charge in [0.1, 0.15) is 0 Å². The fourth-order valence-electron chi connectivity index (χ4n) is 0.842. The van der Waals surface area contributed by atoms with Gasteiger partial charge >= 0.3 is 0 Å². The topological polar surface area (TPSA) is 44.5 Å². The largest absolute Gasteiger partial charge is 0.492 e. The average Bonchev–Trinajstić information content (AvgIpc) is 2.04. The highest BCUT2D eigenvalue weighted by Gasteiger charge is 2.05. The second kappa shape index (κ2) is 3.14. The number of methoxy groups -OCH3 is 2. The van der Waals surface area contributed by atoms with Gasteiger partial charge in [-0.1, -0.05) is 0 Å². The highest BCUT2D eigenvalue weighted by Crippen LogP contribution is 2.31. The Kier molecular flexibility index (Phi) is 2.21. The van der Waals surface area contributed by atoms with Crippen LogP contribution < -0.4 is 15.2 Å². The summed E-state index contributed by atoms with van der Waals surface area (Å²) < 4.78 is 9.94. The van der Waals surface area contributed by atoms with Crippen LogP contribution in [-0.2, 0) is 0 Å². The second-order valence-electron chi connectivity index (χ2n) is 2.00. The van der Waals surface area contributed by atoms with Gasteiger partial charge in [-0.3, -0.25) is 0 Å². The molecule has 0 atom stereocenters. The summed E-state index contributed by atoms with van der Waals surface area (Å²) in [4.78, 5) is 0. The molecule has 0 amide bonds. The van der Waals surface area contributed by atoms with Crippen LogP contribution in [0, 0.1) is 6.07 Å². The van der Waals surface area contributed by atoms with E-state index in [-0.39, 0.29) is 0 Å². The lowest BCUT2D eigenvalue weighted by atomic mass is 10.3. The van der Waals surface area contributed by atoms with Crippen molar-refractivity contribution in [2.75, 3.05) is 20.0 Å². The van der Waals surface area contributed by atoms with E-state index in [1.54, 1.807) is 26.4 Å². The maximum atomic E-state index is 5.58. The van der Waals surface area contributed by atoms with Gasteiger partial charge < -0.3 is 15.2 Å². The van der Waals surface area contributed by atoms with E-state index in [0.29, 0.717) is 17.2 Å². The first-order valence-corrected chi connectivity index (χ1v) is 3.17. The molecule has 3 heteroatoms. The van der Waals surface area contributed by atoms with Gasteiger partial charge in [0.25, 0.3) is 0 Å². The van der Waals surface area contributed by atoms with Crippen molar-refractivity contribution in [2.24, 2.45) is 0 Å². The number of rotatable bonds is 2. The van der Waals surface area contributed by atoms with E-state index in [4.69, 9.17) is 15.2 Å². The van der Waals surface area contributed by atoms with Crippen molar-refractivity contribution in [1.82, 2.24) is 0 Å². The van der Waals surface area contributed by atoms with Crippen molar-refractivity contribution in [3.05, 3.63) is 18.2 Å². The minimum atomic E-state index is 0.535. The standard InChI is InChI=1S/C8H10NO2/c1-10-7-5-3-4-6(9)8(7)11-2/h3-4H,9H2,1-2H3. The van der Waals surface area contributed by atoms with E-state index >= 15 is 0 Å². The maximum Gasteiger partial charge on any atom is 0.184 e. The Bertz CT molecular complexity index is 248. The summed E-state index contributed by atoms with van der Waals surface area (Å²) >= 11 is 0. The first kappa shape index (κ1) is 7.72. The van der Waals surface area contributed by atoms with Crippen LogP contribution in [0.15, 0.2) is 12.1 Å². The van der Waals surface area contributed by atoms with Gasteiger partial charge in [0.2, 0.25) is 0 Å². The molecular weight excluding hydrogens is 142 g/mol. The molecule has 2 N–H and O–H groups in total. The van der Waals surface area contributed by atoms with Crippen molar-refractivity contribution < 1.29 is 9.47 Å². The number of nitrogens with two attached hydrogens (primary N) is 1. The van der Waals surface area contributed by atoms with Crippen molar-refractivity contribution in [1.29, 1.82) is 0 Å². The summed E-state index contributed by atoms with van der Waals surface area (Å²) in [6.45, 7) is 0. The van der Waals surface area contributed by atoms with Crippen LogP contribution in [0.3, 0.4) is 0 Å². The van der Waals surface area contributed by atoms with Gasteiger partial charge in [-0.25, -0.2) is 0 Å². The van der Waals surface area contributed by atoms with Gasteiger partial charge in [-0.05, 0) is 12.1 Å². The Hall–Kier alpha value is -1.38. The monoisotopic (exact) mass is 152 g/mol. The van der Waals surface area contributed by atoms with Gasteiger partial charge in [0.05, 0.1) is 19.9 Å². The predicted molar refractivity (Wildman–Crippen MR) is 42.8 cm³/mol. The Labute approximate surface area is 65.7 Å². The van der Waals surface area contributed by atoms with Gasteiger partial charge in [0.15, 0.2) is 11.5 Å². The number of benzene rings is 1. The van der Waals surface area contributed by atoms with Crippen LogP contribution in [-0.4, -0.2) is 14.2 Å². The van der Waals surface area contributed by atoms with E-state index in [2.05, 4.69) is 6.07 Å². The van der Waals surface area contributed by atoms with Gasteiger partial charge in [-0.2, -0.15) is 0 Å². The molecule has 0 fully saturated rings. The predicted octanol–water partition coefficient (Wildman–Crippen LogP) is 1.09. The van der Waals surface area contributed by atoms with E-state index in [1.807, 2.05) is 0 Å². The number of hydrogen-bond donors (Lipinski definition) is 1. The summed E-state index contributed by atoms with van der Waals surface area (Å²) in [5.74, 6) is 1.07. The van der Waals surface area contributed by atoms with Gasteiger partial charge in [-0.15, -0.1) is 0 Å². The van der Waals surface area contributed by atoms with Crippen molar-refractivity contribution in [3.63, 3.8) is 0 Å². The quantitative estimate of drug-likeness (QED) is 0.645. The van der Waals surface area contributed by atoms with Crippen molar-refractivity contribution in [2.45, 2.75) is 0 Å². The number of nitrogen functional groups attached to an aromatic ring is 1. The number of ether oxygens (including phenoxy) is 2. The minimum absolute atomic E-state index is 0.535. The second-order valence-corrected chi connectivity index (χ2v) is 2.00. The molecule has 0 aliphatic heterocycles. The summed E-state index contributed by atoms with van der Waals surface area (Å²) in [6.07, 6.45) is 0. The average molecular weight is 152 g/mol. The van der Waals surface area contributed by atoms with Crippen LogP contribution in [0.25, 0.3) is 0 Å². The van der Waals surface area contributed by atoms with Gasteiger partial charge in [0, 0.05) is 6.07 Å². The molecule has 1 aromatic rings. The van der Waals surface area contributed by atoms with E-state index in [0.717, 1.165) is 0 Å². The van der Waals surface area contributed by atoms with Crippen LogP contribution in [0.1, 0.15) is 0 Å². The molecule has 1 rings (SSSR count). The first-order valence-electron chi connectivity index (χ1n) is 3.17. The number of anilines is 1. The molecule has 0 saturated heterocycles. The zero-order valence-corrected chi connectivity index (χ0v) is 6.55. The third-order valence-electron chi connectivity index (χ3n) is 1.35. The lowest BCUT2D eigenvalue weighted by Crippen LogP contribution is -1.95. The Morgan fingerprint density at radius 1 is 1.36 bits per heavy atom. The summed E-state index contributed by atoms with van der Waals surface area (Å²) in [5, 5.41) is 0. The van der Waals surface area contributed by atoms with Crippen LogP contribution in [0.2, 0.25) is 0 Å². The van der Waals surface area contributed by atoms with Crippen LogP contribution in [0.5, 0.6) is 11.5 Å². The Morgan fingerprint density at radius 2 is 2.09 bits per heavy atom. The van der Waals surface area contributed by atoms with Crippen molar-refractivity contribution >= 4 is 5.69 Å². The summed E-state index contributed by atoms with van der Waals surface area (Å²) in [5.41, 5.74) is 6.14. The lowest BCUT2D eigenvalue weighted by molar-refractivity contribution is 0.356. The fraction of sp³-hybridized carbons (Fsp3) is 0.250. The zero-order valence-electron chi connectivity index (χ0n) is 6.55. The molecule has 11 heavy (non-hydrogen) atoms. The Morgan fingerprint density at radius 3 is 2.55 bits per heavy atom. The molecule has 0 aromatic heterocycles. The Balaban J connectivity index is 3.13. The van der Waals surface area contributed by atoms with Crippen LogP contribution >= 0.6 is 0 Å². The SMILES string of the molecule is COc1[c]ccc(N)c1OC. The van der Waals surface area contributed by atoms with E-state index in [1.165, 1.54) is 0 Å². The molecule has 59 valence electrons. The van der Waals surface area contributed by atoms with E-state index < -0.39 is 0 Å². The molecule has 0 heterocycles. The summed E-state index contributed by atoms with van der Waals surface area (Å²) in [6, 6.07) is 6.25. The molecular formula is C8H10NO2. The fourth-order valence-corrected chi connectivity index (χ4v) is 0.842. The minimum Gasteiger partial charge on any atom is -0.492 e. The first-order chi connectivity index (χ1) is 5.29. The molecule has 0 saturated carbocycles. The molecule has 1 aromatic carbocycles. The van der Waals surface area contributed by atoms with E-state index in [9.17, 15) is 0 Å². The molecule has 1 radical (unpaired) electrons. The molecule has 0 unspecified atom stereocenters. The molecule has 0 aliphatic carbocycles. The lowest BCUT2D eigenvalue weighted by Gasteiger charge is -2.07. The number of hydrogen-bond acceptors (Lipinski definition) is 3. The van der Waals surface area contributed by atoms with Crippen molar-refractivity contribution in [3.8, 4) is 11.5 Å². The molecule has 0 aliphatic rings. The third-order valence-corrected chi connectivity index (χ3v) is 1.35. The highest BCUT2D eigenvalue weighted by molar-refractivity contribution is 5.59. The normalized spacial score (nSPS) is 9.27. The zero-order chi connectivity index (χ0) is 8.27. The maximum absolute atomic E-state index is 5.58. The molecule has 0 spiro atoms. The summed E-state index contributed by atoms with van der Waals surface area (Å²) in [7, 11) is 3.09. The smallest absolute Gasteiger partial charge is 0.184 e. The third kappa shape index (κ3) is 1.37. The van der Waals surface area contributed by atoms with Crippen LogP contribution in [0.4, 0.5) is 5.69 Å². The molecule has 0 bridgehead atoms. The molecule has 3 nitrogen and oxygen atoms in total.